The van der Waals surface area contributed by atoms with Gasteiger partial charge in [0.15, 0.2) is 4.75 Å². The Hall–Kier alpha value is -0.880. The molecular weight excluding hydrogens is 252 g/mol. The van der Waals surface area contributed by atoms with Crippen LogP contribution in [0.3, 0.4) is 0 Å². The van der Waals surface area contributed by atoms with Crippen molar-refractivity contribution in [1.29, 1.82) is 0 Å². The molecule has 0 spiro atoms. The molecule has 0 aliphatic carbocycles. The first-order valence-corrected chi connectivity index (χ1v) is 7.32. The fourth-order valence-electron chi connectivity index (χ4n) is 1.56. The molecule has 1 N–H and O–H groups in total. The Balaban J connectivity index is 2.61. The fraction of sp³-hybridized carbons (Fsp3) is 0.750. The van der Waals surface area contributed by atoms with Crippen molar-refractivity contribution >= 4 is 15.9 Å². The Morgan fingerprint density at radius 3 is 2.28 bits per heavy atom. The molecule has 0 radical (unpaired) electrons. The molecule has 0 saturated carbocycles. The Labute approximate surface area is 109 Å². The minimum absolute atomic E-state index is 0.0632. The maximum Gasteiger partial charge on any atom is 0.259 e. The summed E-state index contributed by atoms with van der Waals surface area (Å²) in [7, 11) is -3.50. The van der Waals surface area contributed by atoms with E-state index in [2.05, 4.69) is 11.9 Å². The Kier molecular flexibility index (Phi) is 3.66. The summed E-state index contributed by atoms with van der Waals surface area (Å²) in [6.45, 7) is 13.2. The Morgan fingerprint density at radius 2 is 1.89 bits per heavy atom. The molecule has 0 aromatic heterocycles. The molecule has 1 aliphatic rings. The van der Waals surface area contributed by atoms with Crippen LogP contribution in [0, 0.1) is 0 Å². The molecule has 0 atom stereocenters. The number of sulfonamides is 1. The van der Waals surface area contributed by atoms with Crippen LogP contribution in [0.25, 0.3) is 0 Å². The molecule has 1 saturated heterocycles. The highest BCUT2D eigenvalue weighted by Crippen LogP contribution is 2.34. The predicted molar refractivity (Wildman–Crippen MR) is 71.6 cm³/mol. The average Bonchev–Trinajstić information content (AvgIpc) is 2.20. The summed E-state index contributed by atoms with van der Waals surface area (Å²) in [4.78, 5) is 11.7. The second kappa shape index (κ2) is 4.35. The lowest BCUT2D eigenvalue weighted by Gasteiger charge is -2.43. The first-order valence-electron chi connectivity index (χ1n) is 5.88. The van der Waals surface area contributed by atoms with Gasteiger partial charge in [0.1, 0.15) is 0 Å². The van der Waals surface area contributed by atoms with E-state index in [9.17, 15) is 13.2 Å². The van der Waals surface area contributed by atoms with Gasteiger partial charge in [-0.1, -0.05) is 6.58 Å². The van der Waals surface area contributed by atoms with Crippen molar-refractivity contribution < 1.29 is 13.2 Å². The van der Waals surface area contributed by atoms with Crippen molar-refractivity contribution in [3.05, 3.63) is 12.2 Å². The third kappa shape index (κ3) is 2.59. The molecule has 1 fully saturated rings. The van der Waals surface area contributed by atoms with Crippen LogP contribution in [0.5, 0.6) is 0 Å². The lowest BCUT2D eigenvalue weighted by atomic mass is 10.1. The largest absolute Gasteiger partial charge is 0.308 e. The van der Waals surface area contributed by atoms with Crippen LogP contribution in [0.15, 0.2) is 12.2 Å². The van der Waals surface area contributed by atoms with Crippen LogP contribution in [0.4, 0.5) is 0 Å². The van der Waals surface area contributed by atoms with Crippen LogP contribution in [0.1, 0.15) is 34.6 Å². The number of amides is 1. The van der Waals surface area contributed by atoms with Crippen LogP contribution in [-0.4, -0.2) is 42.0 Å². The molecule has 0 aromatic carbocycles. The molecule has 1 aliphatic heterocycles. The maximum absolute atomic E-state index is 11.9. The molecule has 104 valence electrons. The summed E-state index contributed by atoms with van der Waals surface area (Å²) in [5.41, 5.74) is 0.609. The predicted octanol–water partition coefficient (Wildman–Crippen LogP) is 0.881. The van der Waals surface area contributed by atoms with Crippen molar-refractivity contribution in [1.82, 2.24) is 9.62 Å². The topological polar surface area (TPSA) is 66.5 Å². The van der Waals surface area contributed by atoms with Gasteiger partial charge in [-0.05, 0) is 40.2 Å². The van der Waals surface area contributed by atoms with E-state index in [0.717, 1.165) is 4.31 Å². The summed E-state index contributed by atoms with van der Waals surface area (Å²) in [5, 5.41) is 3.21. The van der Waals surface area contributed by atoms with Gasteiger partial charge in [-0.15, -0.1) is 0 Å². The molecule has 5 nitrogen and oxygen atoms in total. The second-order valence-electron chi connectivity index (χ2n) is 6.18. The molecule has 0 bridgehead atoms. The first-order chi connectivity index (χ1) is 7.89. The van der Waals surface area contributed by atoms with E-state index in [1.54, 1.807) is 0 Å². The van der Waals surface area contributed by atoms with Gasteiger partial charge in [0.05, 0.1) is 6.54 Å². The third-order valence-corrected chi connectivity index (χ3v) is 5.25. The van der Waals surface area contributed by atoms with Gasteiger partial charge in [0.2, 0.25) is 0 Å². The smallest absolute Gasteiger partial charge is 0.259 e. The van der Waals surface area contributed by atoms with Crippen LogP contribution >= 0.6 is 0 Å². The third-order valence-electron chi connectivity index (χ3n) is 2.91. The number of carbonyl (C=O) groups is 1. The summed E-state index contributed by atoms with van der Waals surface area (Å²) < 4.78 is 23.3. The van der Waals surface area contributed by atoms with E-state index < -0.39 is 14.8 Å². The van der Waals surface area contributed by atoms with Crippen molar-refractivity contribution in [3.63, 3.8) is 0 Å². The normalized spacial score (nSPS) is 21.6. The van der Waals surface area contributed by atoms with Crippen molar-refractivity contribution in [2.45, 2.75) is 44.9 Å². The van der Waals surface area contributed by atoms with E-state index in [-0.39, 0.29) is 18.0 Å². The van der Waals surface area contributed by atoms with E-state index in [0.29, 0.717) is 12.1 Å². The molecule has 1 heterocycles. The number of hydrogen-bond acceptors (Lipinski definition) is 4. The van der Waals surface area contributed by atoms with E-state index >= 15 is 0 Å². The minimum atomic E-state index is -3.50. The Bertz CT molecular complexity index is 472. The van der Waals surface area contributed by atoms with Gasteiger partial charge < -0.3 is 5.32 Å². The van der Waals surface area contributed by atoms with Gasteiger partial charge in [-0.25, -0.2) is 12.7 Å². The average molecular weight is 274 g/mol. The standard InChI is InChI=1S/C12H22N2O3S/c1-9(7-13-11(2,3)4)8-14-10(15)12(5,6)18(14,16)17/h13H,1,7-8H2,2-6H3. The van der Waals surface area contributed by atoms with Gasteiger partial charge in [0, 0.05) is 12.1 Å². The number of nitrogens with zero attached hydrogens (tertiary/aromatic N) is 1. The van der Waals surface area contributed by atoms with E-state index in [1.807, 2.05) is 20.8 Å². The van der Waals surface area contributed by atoms with E-state index in [4.69, 9.17) is 0 Å². The van der Waals surface area contributed by atoms with Crippen molar-refractivity contribution in [3.8, 4) is 0 Å². The first kappa shape index (κ1) is 15.2. The van der Waals surface area contributed by atoms with Crippen LogP contribution < -0.4 is 5.32 Å². The number of rotatable bonds is 4. The highest BCUT2D eigenvalue weighted by molar-refractivity contribution is 7.94. The van der Waals surface area contributed by atoms with Crippen LogP contribution in [-0.2, 0) is 14.8 Å². The highest BCUT2D eigenvalue weighted by Gasteiger charge is 2.59. The molecule has 6 heteroatoms. The number of hydrogen-bond donors (Lipinski definition) is 1. The lowest BCUT2D eigenvalue weighted by molar-refractivity contribution is -0.131. The fourth-order valence-corrected chi connectivity index (χ4v) is 3.11. The Morgan fingerprint density at radius 1 is 1.39 bits per heavy atom. The minimum Gasteiger partial charge on any atom is -0.308 e. The van der Waals surface area contributed by atoms with Crippen LogP contribution in [0.2, 0.25) is 0 Å². The monoisotopic (exact) mass is 274 g/mol. The second-order valence-corrected chi connectivity index (χ2v) is 8.59. The van der Waals surface area contributed by atoms with Gasteiger partial charge >= 0.3 is 0 Å². The zero-order valence-electron chi connectivity index (χ0n) is 11.7. The van der Waals surface area contributed by atoms with E-state index in [1.165, 1.54) is 13.8 Å². The molecule has 0 aromatic rings. The molecule has 1 rings (SSSR count). The zero-order valence-corrected chi connectivity index (χ0v) is 12.5. The quantitative estimate of drug-likeness (QED) is 0.773. The number of nitrogens with one attached hydrogen (secondary N) is 1. The van der Waals surface area contributed by atoms with Crippen molar-refractivity contribution in [2.75, 3.05) is 13.1 Å². The lowest BCUT2D eigenvalue weighted by Crippen LogP contribution is -2.67. The number of carbonyl (C=O) groups excluding carboxylic acids is 1. The maximum atomic E-state index is 11.9. The summed E-state index contributed by atoms with van der Waals surface area (Å²) in [6, 6.07) is 0. The van der Waals surface area contributed by atoms with Gasteiger partial charge in [0.25, 0.3) is 15.9 Å². The van der Waals surface area contributed by atoms with Gasteiger partial charge in [-0.3, -0.25) is 4.79 Å². The summed E-state index contributed by atoms with van der Waals surface area (Å²) in [5.74, 6) is -0.362. The summed E-state index contributed by atoms with van der Waals surface area (Å²) in [6.07, 6.45) is 0. The SMILES string of the molecule is C=C(CNC(C)(C)C)CN1C(=O)C(C)(C)S1(=O)=O. The molecule has 1 amide bonds. The zero-order chi connectivity index (χ0) is 14.4. The molecular formula is C12H22N2O3S. The van der Waals surface area contributed by atoms with Crippen molar-refractivity contribution in [2.24, 2.45) is 0 Å². The molecule has 0 unspecified atom stereocenters. The van der Waals surface area contributed by atoms with Gasteiger partial charge in [-0.2, -0.15) is 0 Å². The highest BCUT2D eigenvalue weighted by atomic mass is 32.2. The molecule has 18 heavy (non-hydrogen) atoms. The summed E-state index contributed by atoms with van der Waals surface area (Å²) >= 11 is 0.